The van der Waals surface area contributed by atoms with Gasteiger partial charge in [-0.2, -0.15) is 0 Å². The molecule has 0 aliphatic carbocycles. The van der Waals surface area contributed by atoms with Crippen LogP contribution >= 0.6 is 7.82 Å². The lowest BCUT2D eigenvalue weighted by atomic mass is 10.1. The molecule has 0 bridgehead atoms. The lowest BCUT2D eigenvalue weighted by Gasteiger charge is -2.20. The average Bonchev–Trinajstić information content (AvgIpc) is 3.18. The smallest absolute Gasteiger partial charge is 0.462 e. The zero-order valence-electron chi connectivity index (χ0n) is 35.3. The zero-order chi connectivity index (χ0) is 41.1. The fourth-order valence-corrected chi connectivity index (χ4v) is 6.03. The third-order valence-electron chi connectivity index (χ3n) is 8.51. The molecule has 0 aromatic rings. The summed E-state index contributed by atoms with van der Waals surface area (Å²) in [6.45, 7) is 3.99. The van der Waals surface area contributed by atoms with Crippen LogP contribution in [0.3, 0.4) is 0 Å². The Bertz CT molecular complexity index is 1190. The number of hydrogen-bond acceptors (Lipinski definition) is 8. The number of ether oxygens (including phenoxy) is 2. The fraction of sp³-hybridized carbons (Fsp3) is 0.652. The summed E-state index contributed by atoms with van der Waals surface area (Å²) in [7, 11) is -2.68. The number of nitrogens with one attached hydrogen (secondary N) is 1. The second-order valence-corrected chi connectivity index (χ2v) is 15.2. The molecule has 56 heavy (non-hydrogen) atoms. The van der Waals surface area contributed by atoms with Crippen LogP contribution in [-0.4, -0.2) is 56.3 Å². The molecule has 0 amide bonds. The Labute approximate surface area is 341 Å². The molecule has 0 rings (SSSR count). The highest BCUT2D eigenvalue weighted by Gasteiger charge is 2.26. The molecule has 320 valence electrons. The van der Waals surface area contributed by atoms with Crippen molar-refractivity contribution in [3.63, 3.8) is 0 Å². The van der Waals surface area contributed by atoms with E-state index in [2.05, 4.69) is 92.1 Å². The zero-order valence-corrected chi connectivity index (χ0v) is 36.2. The molecule has 9 nitrogen and oxygen atoms in total. The van der Waals surface area contributed by atoms with Gasteiger partial charge in [-0.1, -0.05) is 150 Å². The number of carbonyl (C=O) groups is 2. The number of phosphoric acid groups is 1. The molecule has 0 aliphatic heterocycles. The fourth-order valence-electron chi connectivity index (χ4n) is 5.28. The van der Waals surface area contributed by atoms with E-state index in [-0.39, 0.29) is 26.1 Å². The summed E-state index contributed by atoms with van der Waals surface area (Å²) >= 11 is 0. The van der Waals surface area contributed by atoms with Crippen molar-refractivity contribution in [3.8, 4) is 0 Å². The van der Waals surface area contributed by atoms with Gasteiger partial charge >= 0.3 is 19.8 Å². The van der Waals surface area contributed by atoms with E-state index in [1.807, 2.05) is 12.2 Å². The molecule has 0 aliphatic rings. The first kappa shape index (κ1) is 53.2. The van der Waals surface area contributed by atoms with Gasteiger partial charge in [0.05, 0.1) is 13.2 Å². The van der Waals surface area contributed by atoms with Crippen molar-refractivity contribution in [2.24, 2.45) is 0 Å². The van der Waals surface area contributed by atoms with Gasteiger partial charge in [0.2, 0.25) is 0 Å². The quantitative estimate of drug-likeness (QED) is 0.0271. The summed E-state index contributed by atoms with van der Waals surface area (Å²) in [5.74, 6) is -0.922. The van der Waals surface area contributed by atoms with E-state index in [0.29, 0.717) is 19.4 Å². The summed E-state index contributed by atoms with van der Waals surface area (Å²) < 4.78 is 33.1. The number of rotatable bonds is 39. The number of unbranched alkanes of at least 4 members (excludes halogenated alkanes) is 11. The number of esters is 2. The average molecular weight is 804 g/mol. The first-order valence-electron chi connectivity index (χ1n) is 21.5. The predicted molar refractivity (Wildman–Crippen MR) is 233 cm³/mol. The number of carbonyl (C=O) groups excluding carboxylic acids is 2. The summed E-state index contributed by atoms with van der Waals surface area (Å²) in [4.78, 5) is 35.0. The predicted octanol–water partition coefficient (Wildman–Crippen LogP) is 12.3. The van der Waals surface area contributed by atoms with Crippen molar-refractivity contribution >= 4 is 19.8 Å². The van der Waals surface area contributed by atoms with Crippen LogP contribution in [0.2, 0.25) is 0 Å². The van der Waals surface area contributed by atoms with E-state index >= 15 is 0 Å². The largest absolute Gasteiger partial charge is 0.472 e. The van der Waals surface area contributed by atoms with Crippen molar-refractivity contribution in [3.05, 3.63) is 85.1 Å². The maximum Gasteiger partial charge on any atom is 0.472 e. The van der Waals surface area contributed by atoms with Crippen molar-refractivity contribution in [1.82, 2.24) is 5.32 Å². The summed E-state index contributed by atoms with van der Waals surface area (Å²) in [5, 5.41) is 2.81. The van der Waals surface area contributed by atoms with E-state index in [4.69, 9.17) is 18.5 Å². The molecule has 0 heterocycles. The van der Waals surface area contributed by atoms with Gasteiger partial charge in [-0.3, -0.25) is 18.6 Å². The molecular formula is C46H78NO8P. The number of allylic oxidation sites excluding steroid dienone is 14. The molecule has 0 spiro atoms. The van der Waals surface area contributed by atoms with Crippen LogP contribution in [0.4, 0.5) is 0 Å². The molecule has 2 atom stereocenters. The monoisotopic (exact) mass is 804 g/mol. The Kier molecular flexibility index (Phi) is 39.7. The van der Waals surface area contributed by atoms with Gasteiger partial charge in [-0.15, -0.1) is 0 Å². The third-order valence-corrected chi connectivity index (χ3v) is 9.50. The highest BCUT2D eigenvalue weighted by molar-refractivity contribution is 7.47. The first-order valence-corrected chi connectivity index (χ1v) is 23.0. The maximum atomic E-state index is 12.6. The van der Waals surface area contributed by atoms with E-state index in [0.717, 1.165) is 70.6 Å². The minimum absolute atomic E-state index is 0.0339. The molecule has 0 aromatic carbocycles. The van der Waals surface area contributed by atoms with E-state index in [1.165, 1.54) is 44.9 Å². The molecule has 0 saturated carbocycles. The van der Waals surface area contributed by atoms with Crippen molar-refractivity contribution in [2.75, 3.05) is 33.4 Å². The molecular weight excluding hydrogens is 725 g/mol. The highest BCUT2D eigenvalue weighted by atomic mass is 31.2. The summed E-state index contributed by atoms with van der Waals surface area (Å²) in [6.07, 6.45) is 50.7. The number of likely N-dealkylation sites (N-methyl/N-ethyl adjacent to an activating group) is 1. The van der Waals surface area contributed by atoms with E-state index in [1.54, 1.807) is 7.05 Å². The van der Waals surface area contributed by atoms with Crippen LogP contribution in [0, 0.1) is 0 Å². The minimum Gasteiger partial charge on any atom is -0.462 e. The summed E-state index contributed by atoms with van der Waals surface area (Å²) in [6, 6.07) is 0. The standard InChI is InChI=1S/C46H78NO8P/c1-4-6-8-10-12-14-16-18-20-21-22-23-25-26-28-30-32-34-36-38-45(48)52-42-44(43-54-56(50,51)53-41-40-47-3)55-46(49)39-37-35-33-31-29-27-24-19-17-15-13-11-9-7-5-2/h6,8,12,14,18-20,22-24,26,28,32,34,44,47H,4-5,7,9-11,13,15-17,21,25,27,29-31,33,35-43H2,1-3H3,(H,50,51)/b8-6-,14-12-,20-18-,23-22-,24-19-,28-26-,34-32-. The number of phosphoric ester groups is 1. The number of hydrogen-bond donors (Lipinski definition) is 2. The Balaban J connectivity index is 4.38. The van der Waals surface area contributed by atoms with Gasteiger partial charge in [-0.25, -0.2) is 4.57 Å². The van der Waals surface area contributed by atoms with Gasteiger partial charge in [-0.05, 0) is 84.1 Å². The van der Waals surface area contributed by atoms with E-state index < -0.39 is 32.5 Å². The molecule has 0 radical (unpaired) electrons. The summed E-state index contributed by atoms with van der Waals surface area (Å²) in [5.41, 5.74) is 0. The normalized spacial score (nSPS) is 14.1. The lowest BCUT2D eigenvalue weighted by Crippen LogP contribution is -2.29. The molecule has 2 N–H and O–H groups in total. The van der Waals surface area contributed by atoms with Crippen LogP contribution in [0.25, 0.3) is 0 Å². The molecule has 2 unspecified atom stereocenters. The molecule has 10 heteroatoms. The first-order chi connectivity index (χ1) is 27.3. The van der Waals surface area contributed by atoms with Crippen LogP contribution in [0.15, 0.2) is 85.1 Å². The van der Waals surface area contributed by atoms with Crippen LogP contribution in [-0.2, 0) is 32.7 Å². The van der Waals surface area contributed by atoms with E-state index in [9.17, 15) is 19.0 Å². The second-order valence-electron chi connectivity index (χ2n) is 13.8. The lowest BCUT2D eigenvalue weighted by molar-refractivity contribution is -0.161. The van der Waals surface area contributed by atoms with Gasteiger partial charge in [0.1, 0.15) is 6.61 Å². The third kappa shape index (κ3) is 40.8. The van der Waals surface area contributed by atoms with Crippen LogP contribution in [0.1, 0.15) is 155 Å². The second kappa shape index (κ2) is 41.8. The Morgan fingerprint density at radius 1 is 0.571 bits per heavy atom. The van der Waals surface area contributed by atoms with Crippen molar-refractivity contribution in [1.29, 1.82) is 0 Å². The van der Waals surface area contributed by atoms with Crippen molar-refractivity contribution in [2.45, 2.75) is 161 Å². The van der Waals surface area contributed by atoms with Gasteiger partial charge in [0.15, 0.2) is 6.10 Å². The molecule has 0 fully saturated rings. The minimum atomic E-state index is -4.37. The molecule has 0 aromatic heterocycles. The maximum absolute atomic E-state index is 12.6. The Hall–Kier alpha value is -2.81. The molecule has 0 saturated heterocycles. The topological polar surface area (TPSA) is 120 Å². The SMILES string of the molecule is CC/C=C\C/C=C\C/C=C\C/C=C\C/C=C\C/C=C\CCC(=O)OCC(COP(=O)(O)OCCNC)OC(=O)CCCCCCC/C=C\CCCCCCCC. The van der Waals surface area contributed by atoms with Crippen LogP contribution < -0.4 is 5.32 Å². The van der Waals surface area contributed by atoms with Crippen molar-refractivity contribution < 1.29 is 37.6 Å². The Morgan fingerprint density at radius 3 is 1.59 bits per heavy atom. The van der Waals surface area contributed by atoms with Gasteiger partial charge in [0.25, 0.3) is 0 Å². The van der Waals surface area contributed by atoms with Gasteiger partial charge < -0.3 is 19.7 Å². The highest BCUT2D eigenvalue weighted by Crippen LogP contribution is 2.43. The Morgan fingerprint density at radius 2 is 1.05 bits per heavy atom. The van der Waals surface area contributed by atoms with Gasteiger partial charge in [0, 0.05) is 19.4 Å². The van der Waals surface area contributed by atoms with Crippen LogP contribution in [0.5, 0.6) is 0 Å².